The molecule has 0 spiro atoms. The molecule has 1 fully saturated rings. The number of guanidine groups is 1. The fourth-order valence-electron chi connectivity index (χ4n) is 2.56. The largest absolute Gasteiger partial charge is 0.418 e. The van der Waals surface area contributed by atoms with Gasteiger partial charge in [0.1, 0.15) is 5.82 Å². The summed E-state index contributed by atoms with van der Waals surface area (Å²) in [6.07, 6.45) is 7.67. The lowest BCUT2D eigenvalue weighted by molar-refractivity contribution is -0.00962. The van der Waals surface area contributed by atoms with Crippen LogP contribution < -0.4 is 5.73 Å². The summed E-state index contributed by atoms with van der Waals surface area (Å²) in [5.41, 5.74) is 5.75. The molecule has 128 valence electrons. The Kier molecular flexibility index (Phi) is 6.60. The highest BCUT2D eigenvalue weighted by Crippen LogP contribution is 2.21. The third kappa shape index (κ3) is 5.13. The molecule has 10 heteroatoms. The highest BCUT2D eigenvalue weighted by atomic mass is 32.3. The van der Waals surface area contributed by atoms with Gasteiger partial charge in [-0.25, -0.2) is 0 Å². The van der Waals surface area contributed by atoms with Crippen LogP contribution in [0, 0.1) is 0 Å². The van der Waals surface area contributed by atoms with Crippen molar-refractivity contribution in [2.45, 2.75) is 45.1 Å². The Hall–Kier alpha value is -1.36. The van der Waals surface area contributed by atoms with Crippen LogP contribution in [-0.2, 0) is 14.7 Å². The molecule has 1 unspecified atom stereocenters. The van der Waals surface area contributed by atoms with Gasteiger partial charge in [-0.15, -0.1) is 4.28 Å². The molecular formula is C12H24N4O5S. The SMILES string of the molecule is CC1C=C(N2CCCCCCC2)N=C(N)N1OS(=O)(=O)O.O. The van der Waals surface area contributed by atoms with Gasteiger partial charge in [0, 0.05) is 13.1 Å². The van der Waals surface area contributed by atoms with E-state index in [-0.39, 0.29) is 11.4 Å². The quantitative estimate of drug-likeness (QED) is 0.692. The summed E-state index contributed by atoms with van der Waals surface area (Å²) in [5, 5.41) is 0.878. The number of hydrogen-bond donors (Lipinski definition) is 2. The minimum Gasteiger partial charge on any atom is -0.412 e. The second-order valence-corrected chi connectivity index (χ2v) is 6.32. The third-order valence-electron chi connectivity index (χ3n) is 3.57. The van der Waals surface area contributed by atoms with E-state index in [0.717, 1.165) is 36.8 Å². The molecule has 5 N–H and O–H groups in total. The molecule has 0 aliphatic carbocycles. The first-order chi connectivity index (χ1) is 9.87. The topological polar surface area (TPSA) is 140 Å². The summed E-state index contributed by atoms with van der Waals surface area (Å²) in [5.74, 6) is 0.650. The van der Waals surface area contributed by atoms with Crippen LogP contribution >= 0.6 is 0 Å². The fourth-order valence-corrected chi connectivity index (χ4v) is 2.97. The maximum atomic E-state index is 10.8. The molecule has 22 heavy (non-hydrogen) atoms. The van der Waals surface area contributed by atoms with Crippen LogP contribution in [0.2, 0.25) is 0 Å². The van der Waals surface area contributed by atoms with E-state index >= 15 is 0 Å². The number of nitrogens with two attached hydrogens (primary N) is 1. The molecule has 0 bridgehead atoms. The Morgan fingerprint density at radius 3 is 2.32 bits per heavy atom. The molecule has 2 aliphatic heterocycles. The number of hydrogen-bond acceptors (Lipinski definition) is 7. The van der Waals surface area contributed by atoms with E-state index in [2.05, 4.69) is 14.2 Å². The number of hydroxylamine groups is 2. The van der Waals surface area contributed by atoms with Gasteiger partial charge >= 0.3 is 10.4 Å². The van der Waals surface area contributed by atoms with Gasteiger partial charge in [-0.1, -0.05) is 19.3 Å². The molecule has 2 aliphatic rings. The summed E-state index contributed by atoms with van der Waals surface area (Å²) in [7, 11) is -4.62. The number of likely N-dealkylation sites (tertiary alicyclic amines) is 1. The highest BCUT2D eigenvalue weighted by molar-refractivity contribution is 7.80. The van der Waals surface area contributed by atoms with Crippen molar-refractivity contribution in [1.82, 2.24) is 9.96 Å². The molecule has 0 radical (unpaired) electrons. The predicted molar refractivity (Wildman–Crippen MR) is 81.9 cm³/mol. The van der Waals surface area contributed by atoms with Crippen molar-refractivity contribution in [3.63, 3.8) is 0 Å². The third-order valence-corrected chi connectivity index (χ3v) is 3.92. The molecule has 0 aromatic heterocycles. The van der Waals surface area contributed by atoms with E-state index in [1.165, 1.54) is 19.3 Å². The van der Waals surface area contributed by atoms with E-state index in [1.54, 1.807) is 13.0 Å². The standard InChI is InChI=1S/C12H22N4O4S.H2O/c1-10-9-11(15-7-5-3-2-4-6-8-15)14-12(13)16(10)20-21(17,18)19;/h9-10H,2-8H2,1H3,(H2,13,14)(H,17,18,19);1H2. The molecule has 1 atom stereocenters. The van der Waals surface area contributed by atoms with Crippen molar-refractivity contribution in [2.75, 3.05) is 13.1 Å². The Morgan fingerprint density at radius 2 is 1.82 bits per heavy atom. The van der Waals surface area contributed by atoms with Gasteiger partial charge in [0.2, 0.25) is 5.96 Å². The summed E-state index contributed by atoms with van der Waals surface area (Å²) in [4.78, 5) is 6.36. The first-order valence-electron chi connectivity index (χ1n) is 7.14. The lowest BCUT2D eigenvalue weighted by Crippen LogP contribution is -2.47. The van der Waals surface area contributed by atoms with E-state index < -0.39 is 16.4 Å². The molecule has 0 amide bonds. The van der Waals surface area contributed by atoms with Crippen LogP contribution in [0.25, 0.3) is 0 Å². The summed E-state index contributed by atoms with van der Waals surface area (Å²) in [6.45, 7) is 3.54. The van der Waals surface area contributed by atoms with Crippen molar-refractivity contribution in [2.24, 2.45) is 10.7 Å². The average molecular weight is 336 g/mol. The molecule has 1 saturated heterocycles. The second-order valence-electron chi connectivity index (χ2n) is 5.32. The van der Waals surface area contributed by atoms with Crippen molar-refractivity contribution in [3.05, 3.63) is 11.9 Å². The lowest BCUT2D eigenvalue weighted by atomic mass is 10.1. The van der Waals surface area contributed by atoms with Crippen LogP contribution in [0.4, 0.5) is 0 Å². The van der Waals surface area contributed by atoms with Gasteiger partial charge in [-0.05, 0) is 25.8 Å². The summed E-state index contributed by atoms with van der Waals surface area (Å²) >= 11 is 0. The molecule has 0 aromatic carbocycles. The first kappa shape index (κ1) is 18.7. The smallest absolute Gasteiger partial charge is 0.412 e. The minimum atomic E-state index is -4.62. The zero-order chi connectivity index (χ0) is 15.5. The highest BCUT2D eigenvalue weighted by Gasteiger charge is 2.27. The Bertz CT molecular complexity index is 526. The molecular weight excluding hydrogens is 312 g/mol. The normalized spacial score (nSPS) is 23.8. The molecule has 2 heterocycles. The average Bonchev–Trinajstić information content (AvgIpc) is 2.32. The fraction of sp³-hybridized carbons (Fsp3) is 0.750. The van der Waals surface area contributed by atoms with Crippen LogP contribution in [0.5, 0.6) is 0 Å². The zero-order valence-corrected chi connectivity index (χ0v) is 13.4. The summed E-state index contributed by atoms with van der Waals surface area (Å²) in [6, 6.07) is -0.440. The lowest BCUT2D eigenvalue weighted by Gasteiger charge is -2.33. The van der Waals surface area contributed by atoms with Gasteiger partial charge < -0.3 is 16.1 Å². The van der Waals surface area contributed by atoms with Gasteiger partial charge in [0.05, 0.1) is 6.04 Å². The van der Waals surface area contributed by atoms with Crippen LogP contribution in [0.3, 0.4) is 0 Å². The van der Waals surface area contributed by atoms with Crippen molar-refractivity contribution in [1.29, 1.82) is 0 Å². The Labute approximate surface area is 130 Å². The molecule has 0 aromatic rings. The van der Waals surface area contributed by atoms with Crippen LogP contribution in [0.1, 0.15) is 39.0 Å². The van der Waals surface area contributed by atoms with Gasteiger partial charge in [0.25, 0.3) is 0 Å². The van der Waals surface area contributed by atoms with Crippen LogP contribution in [0.15, 0.2) is 16.9 Å². The summed E-state index contributed by atoms with van der Waals surface area (Å²) < 4.78 is 34.8. The van der Waals surface area contributed by atoms with Gasteiger partial charge in [0.15, 0.2) is 0 Å². The van der Waals surface area contributed by atoms with Crippen LogP contribution in [-0.4, -0.2) is 53.5 Å². The monoisotopic (exact) mass is 336 g/mol. The molecule has 9 nitrogen and oxygen atoms in total. The molecule has 0 saturated carbocycles. The van der Waals surface area contributed by atoms with E-state index in [9.17, 15) is 8.42 Å². The van der Waals surface area contributed by atoms with E-state index in [4.69, 9.17) is 10.3 Å². The van der Waals surface area contributed by atoms with Crippen molar-refractivity contribution < 1.29 is 22.7 Å². The predicted octanol–water partition coefficient (Wildman–Crippen LogP) is 0.0224. The second kappa shape index (κ2) is 7.77. The number of aliphatic imine (C=N–C) groups is 1. The Balaban J connectivity index is 0.00000242. The van der Waals surface area contributed by atoms with Gasteiger partial charge in [-0.3, -0.25) is 4.55 Å². The zero-order valence-electron chi connectivity index (χ0n) is 12.6. The van der Waals surface area contributed by atoms with E-state index in [1.807, 2.05) is 0 Å². The van der Waals surface area contributed by atoms with E-state index in [0.29, 0.717) is 0 Å². The first-order valence-corrected chi connectivity index (χ1v) is 8.50. The van der Waals surface area contributed by atoms with Crippen molar-refractivity contribution in [3.8, 4) is 0 Å². The molecule has 2 rings (SSSR count). The number of rotatable bonds is 3. The Morgan fingerprint density at radius 1 is 1.27 bits per heavy atom. The maximum absolute atomic E-state index is 10.8. The maximum Gasteiger partial charge on any atom is 0.418 e. The minimum absolute atomic E-state index is 0. The number of nitrogens with zero attached hydrogens (tertiary/aromatic N) is 3. The van der Waals surface area contributed by atoms with Crippen molar-refractivity contribution >= 4 is 16.4 Å². The van der Waals surface area contributed by atoms with Gasteiger partial charge in [-0.2, -0.15) is 18.5 Å².